The number of halogens is 14. The molecule has 5 heterocycles. The van der Waals surface area contributed by atoms with E-state index in [1.165, 1.54) is 12.1 Å². The van der Waals surface area contributed by atoms with Gasteiger partial charge >= 0.3 is 6.09 Å². The Bertz CT molecular complexity index is 3290. The van der Waals surface area contributed by atoms with Crippen LogP contribution in [0.4, 0.5) is 66.3 Å². The number of H-pyrrole nitrogens is 3. The number of aromatic nitrogens is 4. The van der Waals surface area contributed by atoms with Gasteiger partial charge < -0.3 is 25.0 Å². The maximum Gasteiger partial charge on any atom is 0.407 e. The summed E-state index contributed by atoms with van der Waals surface area (Å²) < 4.78 is 220. The smallest absolute Gasteiger partial charge is 0.407 e. The van der Waals surface area contributed by atoms with Gasteiger partial charge in [0.05, 0.1) is 44.0 Å². The van der Waals surface area contributed by atoms with Crippen molar-refractivity contribution >= 4 is 63.1 Å². The molecule has 8 rings (SSSR count). The second-order valence-corrected chi connectivity index (χ2v) is 16.4. The highest BCUT2D eigenvalue weighted by molar-refractivity contribution is 7.99. The van der Waals surface area contributed by atoms with Crippen LogP contribution >= 0.6 is 11.8 Å². The number of amides is 1. The third kappa shape index (κ3) is 7.65. The van der Waals surface area contributed by atoms with Crippen LogP contribution in [-0.2, 0) is 4.74 Å². The number of carbonyl (C=O) groups is 1. The van der Waals surface area contributed by atoms with E-state index in [-0.39, 0.29) is 40.6 Å². The van der Waals surface area contributed by atoms with Gasteiger partial charge in [-0.05, 0) is 69.3 Å². The van der Waals surface area contributed by atoms with Crippen molar-refractivity contribution < 1.29 is 71.0 Å². The van der Waals surface area contributed by atoms with Gasteiger partial charge in [0.15, 0.2) is 69.8 Å². The van der Waals surface area contributed by atoms with Crippen LogP contribution in [0.1, 0.15) is 32.2 Å². The summed E-state index contributed by atoms with van der Waals surface area (Å²) in [6.07, 6.45) is 0.799. The van der Waals surface area contributed by atoms with Crippen LogP contribution < -0.4 is 5.32 Å². The number of benzene rings is 3. The SMILES string of the molecule is CC(C)(C)OC(=O)NCCSc1c(F)c(F)c(-c2c3ccc([nH]3)c(-c3c(F)c(F)c(F)c(F)c3F)c3nc(c(-c4c(F)c(F)c(F)c(F)c4F)c4ccc([nH]4)c4ccc2[nH]4)C=C3)c(F)c1F. The number of hydrogen-bond acceptors (Lipinski definition) is 4. The van der Waals surface area contributed by atoms with Crippen molar-refractivity contribution in [2.24, 2.45) is 0 Å². The summed E-state index contributed by atoms with van der Waals surface area (Å²) in [7, 11) is 0. The number of nitrogens with one attached hydrogen (secondary N) is 4. The summed E-state index contributed by atoms with van der Waals surface area (Å²) in [4.78, 5) is 23.0. The van der Waals surface area contributed by atoms with E-state index in [2.05, 4.69) is 25.3 Å². The first-order chi connectivity index (χ1) is 31.1. The van der Waals surface area contributed by atoms with Crippen molar-refractivity contribution in [1.82, 2.24) is 25.3 Å². The highest BCUT2D eigenvalue weighted by Gasteiger charge is 2.33. The van der Waals surface area contributed by atoms with Gasteiger partial charge in [0.25, 0.3) is 0 Å². The number of fused-ring (bicyclic) bond motifs is 9. The van der Waals surface area contributed by atoms with Gasteiger partial charge in [0, 0.05) is 51.1 Å². The molecule has 0 fully saturated rings. The fraction of sp³-hybridized carbons (Fsp3) is 0.136. The van der Waals surface area contributed by atoms with Gasteiger partial charge in [-0.1, -0.05) is 0 Å². The molecule has 0 saturated heterocycles. The molecule has 66 heavy (non-hydrogen) atoms. The second-order valence-electron chi connectivity index (χ2n) is 15.3. The summed E-state index contributed by atoms with van der Waals surface area (Å²) in [6.45, 7) is 4.45. The van der Waals surface area contributed by atoms with Gasteiger partial charge in [-0.2, -0.15) is 0 Å². The molecule has 0 radical (unpaired) electrons. The molecule has 0 saturated carbocycles. The van der Waals surface area contributed by atoms with E-state index in [1.54, 1.807) is 20.8 Å². The summed E-state index contributed by atoms with van der Waals surface area (Å²) in [5, 5.41) is 2.32. The highest BCUT2D eigenvalue weighted by atomic mass is 32.2. The van der Waals surface area contributed by atoms with Crippen LogP contribution in [-0.4, -0.2) is 43.9 Å². The third-order valence-electron chi connectivity index (χ3n) is 9.99. The van der Waals surface area contributed by atoms with Gasteiger partial charge in [-0.25, -0.2) is 71.2 Å². The van der Waals surface area contributed by atoms with Gasteiger partial charge in [0.1, 0.15) is 5.60 Å². The zero-order valence-electron chi connectivity index (χ0n) is 33.5. The number of alkyl carbamates (subject to hydrolysis) is 1. The average molecular weight is 954 g/mol. The number of thioether (sulfide) groups is 1. The zero-order chi connectivity index (χ0) is 47.8. The van der Waals surface area contributed by atoms with Crippen LogP contribution in [0.25, 0.3) is 78.6 Å². The van der Waals surface area contributed by atoms with Crippen molar-refractivity contribution in [1.29, 1.82) is 0 Å². The first-order valence-electron chi connectivity index (χ1n) is 18.9. The quantitative estimate of drug-likeness (QED) is 0.0420. The van der Waals surface area contributed by atoms with Crippen LogP contribution in [0.2, 0.25) is 0 Å². The van der Waals surface area contributed by atoms with Crippen LogP contribution in [0.15, 0.2) is 41.3 Å². The Morgan fingerprint density at radius 3 is 1.20 bits per heavy atom. The molecular formula is C44H25F14N5O2S. The van der Waals surface area contributed by atoms with Crippen molar-refractivity contribution in [2.45, 2.75) is 31.3 Å². The van der Waals surface area contributed by atoms with E-state index >= 15 is 35.1 Å². The van der Waals surface area contributed by atoms with E-state index in [4.69, 9.17) is 4.74 Å². The maximum atomic E-state index is 16.4. The summed E-state index contributed by atoms with van der Waals surface area (Å²) in [6, 6.07) is 6.48. The molecule has 4 N–H and O–H groups in total. The zero-order valence-corrected chi connectivity index (χ0v) is 34.3. The molecule has 342 valence electrons. The molecule has 0 aliphatic carbocycles. The molecule has 7 aromatic rings. The molecule has 1 amide bonds. The molecule has 4 aromatic heterocycles. The molecule has 3 aromatic carbocycles. The molecule has 7 nitrogen and oxygen atoms in total. The fourth-order valence-electron chi connectivity index (χ4n) is 7.17. The molecule has 8 bridgehead atoms. The standard InChI is InChI=1S/C44H25F14N5O2S/c1-44(2,3)65-43(64)59-12-13-66-42-40(57)32(49)27(33(50)41(42)58)23-17-7-5-15(61-17)14-4-6-16(60-14)22(25-28(45)34(51)38(55)35(52)29(25)46)18-8-10-20(62-18)24(21-11-9-19(23)63-21)26-30(47)36(53)39(56)37(54)31(26)48/h4-11,60-61,63H,12-13H2,1-3H3,(H,59,64). The fourth-order valence-corrected chi connectivity index (χ4v) is 8.01. The average Bonchev–Trinajstić information content (AvgIpc) is 4.12. The van der Waals surface area contributed by atoms with E-state index in [9.17, 15) is 31.1 Å². The minimum Gasteiger partial charge on any atom is -0.444 e. The highest BCUT2D eigenvalue weighted by Crippen LogP contribution is 2.43. The molecule has 1 aliphatic rings. The number of hydrogen-bond donors (Lipinski definition) is 4. The Kier molecular flexibility index (Phi) is 11.6. The van der Waals surface area contributed by atoms with Crippen molar-refractivity contribution in [2.75, 3.05) is 12.3 Å². The largest absolute Gasteiger partial charge is 0.444 e. The predicted molar refractivity (Wildman–Crippen MR) is 216 cm³/mol. The van der Waals surface area contributed by atoms with E-state index in [0.29, 0.717) is 0 Å². The number of ether oxygens (including phenoxy) is 1. The minimum absolute atomic E-state index is 0.0385. The number of rotatable bonds is 7. The Labute approximate surface area is 364 Å². The third-order valence-corrected chi connectivity index (χ3v) is 11.0. The lowest BCUT2D eigenvalue weighted by molar-refractivity contribution is 0.0531. The Balaban J connectivity index is 1.46. The summed E-state index contributed by atoms with van der Waals surface area (Å²) >= 11 is 0.287. The Morgan fingerprint density at radius 2 is 0.803 bits per heavy atom. The molecular weight excluding hydrogens is 929 g/mol. The molecule has 0 unspecified atom stereocenters. The Morgan fingerprint density at radius 1 is 0.485 bits per heavy atom. The molecule has 0 atom stereocenters. The lowest BCUT2D eigenvalue weighted by Crippen LogP contribution is -2.33. The van der Waals surface area contributed by atoms with Crippen molar-refractivity contribution in [3.8, 4) is 33.4 Å². The van der Waals surface area contributed by atoms with Gasteiger partial charge in [0.2, 0.25) is 11.6 Å². The monoisotopic (exact) mass is 953 g/mol. The maximum absolute atomic E-state index is 16.4. The van der Waals surface area contributed by atoms with Crippen LogP contribution in [0.5, 0.6) is 0 Å². The number of aromatic amines is 3. The van der Waals surface area contributed by atoms with Gasteiger partial charge in [-0.15, -0.1) is 11.8 Å². The van der Waals surface area contributed by atoms with Gasteiger partial charge in [-0.3, -0.25) is 0 Å². The van der Waals surface area contributed by atoms with E-state index < -0.39 is 159 Å². The van der Waals surface area contributed by atoms with Crippen LogP contribution in [0, 0.1) is 81.4 Å². The van der Waals surface area contributed by atoms with E-state index in [0.717, 1.165) is 36.4 Å². The lowest BCUT2D eigenvalue weighted by Gasteiger charge is -2.19. The molecule has 0 spiro atoms. The molecule has 1 aliphatic heterocycles. The van der Waals surface area contributed by atoms with E-state index in [1.807, 2.05) is 0 Å². The first-order valence-corrected chi connectivity index (χ1v) is 19.9. The normalized spacial score (nSPS) is 12.2. The minimum atomic E-state index is -2.59. The van der Waals surface area contributed by atoms with Crippen molar-refractivity contribution in [3.05, 3.63) is 129 Å². The summed E-state index contributed by atoms with van der Waals surface area (Å²) in [5.74, 6) is -32.5. The van der Waals surface area contributed by atoms with Crippen molar-refractivity contribution in [3.63, 3.8) is 0 Å². The second kappa shape index (κ2) is 16.8. The summed E-state index contributed by atoms with van der Waals surface area (Å²) in [5.41, 5.74) is -11.7. The topological polar surface area (TPSA) is 98.6 Å². The lowest BCUT2D eigenvalue weighted by atomic mass is 10.0. The van der Waals surface area contributed by atoms with Crippen LogP contribution in [0.3, 0.4) is 0 Å². The number of nitrogens with zero attached hydrogens (tertiary/aromatic N) is 1. The first kappa shape index (κ1) is 45.6. The molecule has 22 heteroatoms. The predicted octanol–water partition coefficient (Wildman–Crippen LogP) is 13.3. The Hall–Kier alpha value is -6.97. The number of carbonyl (C=O) groups excluding carboxylic acids is 1.